The van der Waals surface area contributed by atoms with Crippen molar-refractivity contribution in [2.75, 3.05) is 34.3 Å². The number of nitrogens with zero attached hydrogens (tertiary/aromatic N) is 2. The van der Waals surface area contributed by atoms with Gasteiger partial charge in [-0.25, -0.2) is 0 Å². The number of halogens is 1. The number of hydrogen-bond acceptors (Lipinski definition) is 4. The molecule has 2 heterocycles. The number of amides is 1. The summed E-state index contributed by atoms with van der Waals surface area (Å²) in [7, 11) is 5.75. The van der Waals surface area contributed by atoms with E-state index in [1.807, 2.05) is 4.90 Å². The first-order valence-electron chi connectivity index (χ1n) is 8.22. The maximum absolute atomic E-state index is 12.8. The zero-order valence-corrected chi connectivity index (χ0v) is 15.1. The average molecular weight is 351 g/mol. The quantitative estimate of drug-likeness (QED) is 0.847. The monoisotopic (exact) mass is 350 g/mol. The fourth-order valence-electron chi connectivity index (χ4n) is 3.30. The van der Waals surface area contributed by atoms with Gasteiger partial charge in [-0.1, -0.05) is 11.6 Å². The summed E-state index contributed by atoms with van der Waals surface area (Å²) in [6.45, 7) is 1.51. The standard InChI is InChI=1S/C18H23ClN2O3/c1-20(2)14-5-4-7-21(8-6-14)18(22)16-10-12-9-13(19)11-15(23-3)17(12)24-16/h9-11,14H,4-8H2,1-3H3. The average Bonchev–Trinajstić information content (AvgIpc) is 2.81. The maximum atomic E-state index is 12.8. The van der Waals surface area contributed by atoms with Crippen molar-refractivity contribution >= 4 is 28.5 Å². The van der Waals surface area contributed by atoms with Crippen LogP contribution in [0.2, 0.25) is 5.02 Å². The molecule has 3 rings (SSSR count). The Kier molecular flexibility index (Phi) is 5.01. The van der Waals surface area contributed by atoms with Gasteiger partial charge >= 0.3 is 0 Å². The van der Waals surface area contributed by atoms with E-state index in [2.05, 4.69) is 19.0 Å². The van der Waals surface area contributed by atoms with Gasteiger partial charge in [-0.15, -0.1) is 0 Å². The number of furan rings is 1. The second-order valence-corrected chi connectivity index (χ2v) is 6.91. The second kappa shape index (κ2) is 7.03. The third-order valence-electron chi connectivity index (χ3n) is 4.69. The summed E-state index contributed by atoms with van der Waals surface area (Å²) in [4.78, 5) is 17.0. The first-order valence-corrected chi connectivity index (χ1v) is 8.60. The molecule has 5 nitrogen and oxygen atoms in total. The molecule has 0 bridgehead atoms. The van der Waals surface area contributed by atoms with Gasteiger partial charge in [-0.05, 0) is 45.5 Å². The highest BCUT2D eigenvalue weighted by atomic mass is 35.5. The van der Waals surface area contributed by atoms with Crippen LogP contribution in [-0.4, -0.2) is 56.0 Å². The number of rotatable bonds is 3. The van der Waals surface area contributed by atoms with Crippen molar-refractivity contribution in [3.05, 3.63) is 29.0 Å². The van der Waals surface area contributed by atoms with E-state index in [1.165, 1.54) is 0 Å². The van der Waals surface area contributed by atoms with E-state index in [1.54, 1.807) is 25.3 Å². The van der Waals surface area contributed by atoms with Crippen LogP contribution in [0, 0.1) is 0 Å². The molecule has 0 radical (unpaired) electrons. The van der Waals surface area contributed by atoms with Gasteiger partial charge in [0.1, 0.15) is 0 Å². The Hall–Kier alpha value is -1.72. The SMILES string of the molecule is COc1cc(Cl)cc2cc(C(=O)N3CCCC(N(C)C)CC3)oc12. The molecule has 1 amide bonds. The fraction of sp³-hybridized carbons (Fsp3) is 0.500. The summed E-state index contributed by atoms with van der Waals surface area (Å²) in [5, 5.41) is 1.34. The number of benzene rings is 1. The van der Waals surface area contributed by atoms with Crippen LogP contribution in [0.1, 0.15) is 29.8 Å². The molecule has 2 aromatic rings. The Morgan fingerprint density at radius 2 is 2.08 bits per heavy atom. The highest BCUT2D eigenvalue weighted by Gasteiger charge is 2.25. The normalized spacial score (nSPS) is 18.9. The van der Waals surface area contributed by atoms with E-state index in [0.717, 1.165) is 37.7 Å². The van der Waals surface area contributed by atoms with Crippen LogP contribution in [0.15, 0.2) is 22.6 Å². The lowest BCUT2D eigenvalue weighted by molar-refractivity contribution is 0.0729. The molecule has 1 unspecified atom stereocenters. The zero-order valence-electron chi connectivity index (χ0n) is 14.3. The molecule has 0 N–H and O–H groups in total. The predicted octanol–water partition coefficient (Wildman–Crippen LogP) is 3.65. The fourth-order valence-corrected chi connectivity index (χ4v) is 3.51. The number of ether oxygens (including phenoxy) is 1. The molecule has 24 heavy (non-hydrogen) atoms. The maximum Gasteiger partial charge on any atom is 0.289 e. The Morgan fingerprint density at radius 3 is 2.79 bits per heavy atom. The van der Waals surface area contributed by atoms with Gasteiger partial charge in [-0.2, -0.15) is 0 Å². The van der Waals surface area contributed by atoms with Crippen molar-refractivity contribution < 1.29 is 13.9 Å². The minimum absolute atomic E-state index is 0.0659. The molecule has 1 saturated heterocycles. The van der Waals surface area contributed by atoms with Gasteiger partial charge in [-0.3, -0.25) is 4.79 Å². The first-order chi connectivity index (χ1) is 11.5. The van der Waals surface area contributed by atoms with Gasteiger partial charge in [0.05, 0.1) is 7.11 Å². The van der Waals surface area contributed by atoms with E-state index in [-0.39, 0.29) is 5.91 Å². The van der Waals surface area contributed by atoms with Crippen LogP contribution in [0.3, 0.4) is 0 Å². The van der Waals surface area contributed by atoms with Crippen LogP contribution < -0.4 is 4.74 Å². The Bertz CT molecular complexity index is 741. The molecule has 1 atom stereocenters. The van der Waals surface area contributed by atoms with Crippen molar-refractivity contribution in [2.45, 2.75) is 25.3 Å². The molecular weight excluding hydrogens is 328 g/mol. The first kappa shape index (κ1) is 17.1. The molecule has 1 aliphatic rings. The van der Waals surface area contributed by atoms with Crippen molar-refractivity contribution in [1.29, 1.82) is 0 Å². The summed E-state index contributed by atoms with van der Waals surface area (Å²) < 4.78 is 11.1. The van der Waals surface area contributed by atoms with E-state index >= 15 is 0 Å². The lowest BCUT2D eigenvalue weighted by Gasteiger charge is -2.23. The molecule has 0 aliphatic carbocycles. The van der Waals surface area contributed by atoms with Crippen molar-refractivity contribution in [3.8, 4) is 5.75 Å². The lowest BCUT2D eigenvalue weighted by atomic mass is 10.1. The van der Waals surface area contributed by atoms with Gasteiger partial charge in [0.15, 0.2) is 17.1 Å². The third-order valence-corrected chi connectivity index (χ3v) is 4.91. The molecule has 1 aromatic carbocycles. The van der Waals surface area contributed by atoms with Gasteiger partial charge in [0.25, 0.3) is 5.91 Å². The number of hydrogen-bond donors (Lipinski definition) is 0. The summed E-state index contributed by atoms with van der Waals surface area (Å²) >= 11 is 6.09. The highest BCUT2D eigenvalue weighted by molar-refractivity contribution is 6.31. The third kappa shape index (κ3) is 3.37. The van der Waals surface area contributed by atoms with Crippen molar-refractivity contribution in [1.82, 2.24) is 9.80 Å². The van der Waals surface area contributed by atoms with Crippen LogP contribution in [0.4, 0.5) is 0 Å². The zero-order chi connectivity index (χ0) is 17.3. The number of carbonyl (C=O) groups is 1. The Morgan fingerprint density at radius 1 is 1.29 bits per heavy atom. The molecule has 1 aromatic heterocycles. The highest BCUT2D eigenvalue weighted by Crippen LogP contribution is 2.33. The van der Waals surface area contributed by atoms with Crippen LogP contribution in [0.25, 0.3) is 11.0 Å². The van der Waals surface area contributed by atoms with Crippen LogP contribution in [-0.2, 0) is 0 Å². The van der Waals surface area contributed by atoms with Crippen LogP contribution in [0.5, 0.6) is 5.75 Å². The van der Waals surface area contributed by atoms with E-state index in [4.69, 9.17) is 20.8 Å². The van der Waals surface area contributed by atoms with Gasteiger partial charge in [0.2, 0.25) is 0 Å². The topological polar surface area (TPSA) is 45.9 Å². The minimum atomic E-state index is -0.0659. The largest absolute Gasteiger partial charge is 0.493 e. The van der Waals surface area contributed by atoms with Gasteiger partial charge < -0.3 is 19.0 Å². The number of likely N-dealkylation sites (tertiary alicyclic amines) is 1. The predicted molar refractivity (Wildman–Crippen MR) is 95.0 cm³/mol. The van der Waals surface area contributed by atoms with Crippen molar-refractivity contribution in [3.63, 3.8) is 0 Å². The molecule has 1 fully saturated rings. The second-order valence-electron chi connectivity index (χ2n) is 6.48. The lowest BCUT2D eigenvalue weighted by Crippen LogP contribution is -2.33. The number of methoxy groups -OCH3 is 1. The van der Waals surface area contributed by atoms with Crippen molar-refractivity contribution in [2.24, 2.45) is 0 Å². The van der Waals surface area contributed by atoms with E-state index in [9.17, 15) is 4.79 Å². The Labute approximate surface area is 147 Å². The van der Waals surface area contributed by atoms with E-state index in [0.29, 0.717) is 28.2 Å². The summed E-state index contributed by atoms with van der Waals surface area (Å²) in [5.41, 5.74) is 0.561. The molecule has 0 saturated carbocycles. The van der Waals surface area contributed by atoms with E-state index < -0.39 is 0 Å². The molecular formula is C18H23ClN2O3. The molecule has 130 valence electrons. The minimum Gasteiger partial charge on any atom is -0.493 e. The molecule has 6 heteroatoms. The number of fused-ring (bicyclic) bond motifs is 1. The summed E-state index contributed by atoms with van der Waals surface area (Å²) in [6, 6.07) is 5.75. The summed E-state index contributed by atoms with van der Waals surface area (Å²) in [5.74, 6) is 0.817. The molecule has 1 aliphatic heterocycles. The smallest absolute Gasteiger partial charge is 0.289 e. The van der Waals surface area contributed by atoms with Gasteiger partial charge in [0, 0.05) is 35.6 Å². The Balaban J connectivity index is 1.83. The summed E-state index contributed by atoms with van der Waals surface area (Å²) in [6.07, 6.45) is 3.10. The number of carbonyl (C=O) groups excluding carboxylic acids is 1. The van der Waals surface area contributed by atoms with Crippen LogP contribution >= 0.6 is 11.6 Å². The molecule has 0 spiro atoms.